The first-order valence-corrected chi connectivity index (χ1v) is 4.43. The molecule has 0 saturated carbocycles. The highest BCUT2D eigenvalue weighted by atomic mass is 16.6. The number of rotatable bonds is 4. The van der Waals surface area contributed by atoms with E-state index in [-0.39, 0.29) is 5.69 Å². The predicted molar refractivity (Wildman–Crippen MR) is 54.2 cm³/mol. The highest BCUT2D eigenvalue weighted by Gasteiger charge is 2.12. The van der Waals surface area contributed by atoms with E-state index < -0.39 is 4.92 Å². The maximum Gasteiger partial charge on any atom is 0.310 e. The summed E-state index contributed by atoms with van der Waals surface area (Å²) in [6.45, 7) is 4.80. The molecule has 76 valence electrons. The second kappa shape index (κ2) is 4.55. The summed E-state index contributed by atoms with van der Waals surface area (Å²) in [6.07, 6.45) is 2.79. The topological polar surface area (TPSA) is 68.1 Å². The van der Waals surface area contributed by atoms with E-state index in [1.54, 1.807) is 6.07 Å². The van der Waals surface area contributed by atoms with Gasteiger partial charge in [-0.3, -0.25) is 15.1 Å². The van der Waals surface area contributed by atoms with Crippen LogP contribution in [0.5, 0.6) is 0 Å². The van der Waals surface area contributed by atoms with E-state index in [9.17, 15) is 10.1 Å². The summed E-state index contributed by atoms with van der Waals surface area (Å²) in [7, 11) is 0. The molecule has 1 aromatic rings. The Bertz CT molecular complexity index is 326. The van der Waals surface area contributed by atoms with Gasteiger partial charge in [0, 0.05) is 12.7 Å². The molecule has 0 aliphatic heterocycles. The molecule has 1 N–H and O–H groups in total. The van der Waals surface area contributed by atoms with Crippen LogP contribution in [0.2, 0.25) is 0 Å². The van der Waals surface area contributed by atoms with Crippen LogP contribution in [0.4, 0.5) is 11.4 Å². The third-order valence-electron chi connectivity index (χ3n) is 1.70. The smallest absolute Gasteiger partial charge is 0.310 e. The van der Waals surface area contributed by atoms with Crippen LogP contribution in [0.15, 0.2) is 18.5 Å². The lowest BCUT2D eigenvalue weighted by Gasteiger charge is -2.08. The van der Waals surface area contributed by atoms with Crippen molar-refractivity contribution < 1.29 is 4.92 Å². The molecule has 5 nitrogen and oxygen atoms in total. The third kappa shape index (κ3) is 2.69. The van der Waals surface area contributed by atoms with E-state index in [0.717, 1.165) is 0 Å². The van der Waals surface area contributed by atoms with Gasteiger partial charge in [-0.05, 0) is 12.0 Å². The Labute approximate surface area is 82.3 Å². The lowest BCUT2D eigenvalue weighted by molar-refractivity contribution is -0.384. The van der Waals surface area contributed by atoms with Crippen molar-refractivity contribution in [3.63, 3.8) is 0 Å². The number of hydrogen-bond acceptors (Lipinski definition) is 4. The maximum atomic E-state index is 10.6. The van der Waals surface area contributed by atoms with E-state index in [0.29, 0.717) is 18.2 Å². The van der Waals surface area contributed by atoms with Gasteiger partial charge in [-0.25, -0.2) is 0 Å². The molecule has 0 atom stereocenters. The molecule has 1 heterocycles. The van der Waals surface area contributed by atoms with Crippen LogP contribution in [-0.4, -0.2) is 16.5 Å². The molecule has 0 spiro atoms. The van der Waals surface area contributed by atoms with Crippen LogP contribution in [0, 0.1) is 16.0 Å². The Morgan fingerprint density at radius 1 is 1.64 bits per heavy atom. The summed E-state index contributed by atoms with van der Waals surface area (Å²) in [5, 5.41) is 13.6. The number of nitrogens with zero attached hydrogens (tertiary/aromatic N) is 2. The fourth-order valence-corrected chi connectivity index (χ4v) is 0.995. The normalized spacial score (nSPS) is 10.2. The van der Waals surface area contributed by atoms with Gasteiger partial charge in [0.25, 0.3) is 0 Å². The van der Waals surface area contributed by atoms with Crippen LogP contribution < -0.4 is 5.32 Å². The Kier molecular flexibility index (Phi) is 3.39. The molecular weight excluding hydrogens is 182 g/mol. The van der Waals surface area contributed by atoms with Crippen LogP contribution in [-0.2, 0) is 0 Å². The van der Waals surface area contributed by atoms with Crippen LogP contribution in [0.3, 0.4) is 0 Å². The fraction of sp³-hybridized carbons (Fsp3) is 0.444. The van der Waals surface area contributed by atoms with Gasteiger partial charge in [-0.2, -0.15) is 0 Å². The van der Waals surface area contributed by atoms with Crippen molar-refractivity contribution in [2.75, 3.05) is 11.9 Å². The fourth-order valence-electron chi connectivity index (χ4n) is 0.995. The molecule has 5 heteroatoms. The van der Waals surface area contributed by atoms with E-state index in [4.69, 9.17) is 0 Å². The Hall–Kier alpha value is -1.65. The van der Waals surface area contributed by atoms with Gasteiger partial charge < -0.3 is 5.32 Å². The number of aromatic nitrogens is 1. The largest absolute Gasteiger partial charge is 0.379 e. The van der Waals surface area contributed by atoms with Crippen molar-refractivity contribution in [1.82, 2.24) is 4.98 Å². The zero-order valence-electron chi connectivity index (χ0n) is 8.23. The number of nitrogens with one attached hydrogen (secondary N) is 1. The second-order valence-corrected chi connectivity index (χ2v) is 3.42. The summed E-state index contributed by atoms with van der Waals surface area (Å²) in [5.41, 5.74) is 0.548. The molecule has 0 amide bonds. The lowest BCUT2D eigenvalue weighted by Crippen LogP contribution is -2.09. The molecule has 0 aromatic carbocycles. The molecule has 1 rings (SSSR count). The van der Waals surface area contributed by atoms with E-state index in [2.05, 4.69) is 10.3 Å². The van der Waals surface area contributed by atoms with Gasteiger partial charge in [0.05, 0.1) is 4.92 Å². The average molecular weight is 195 g/mol. The van der Waals surface area contributed by atoms with Gasteiger partial charge in [0.1, 0.15) is 11.9 Å². The Morgan fingerprint density at radius 2 is 2.36 bits per heavy atom. The highest BCUT2D eigenvalue weighted by molar-refractivity contribution is 5.59. The van der Waals surface area contributed by atoms with Gasteiger partial charge in [0.2, 0.25) is 0 Å². The summed E-state index contributed by atoms with van der Waals surface area (Å²) in [6, 6.07) is 1.61. The number of anilines is 1. The zero-order chi connectivity index (χ0) is 10.6. The Balaban J connectivity index is 2.79. The van der Waals surface area contributed by atoms with Crippen molar-refractivity contribution in [2.45, 2.75) is 13.8 Å². The molecule has 0 radical (unpaired) electrons. The molecule has 0 unspecified atom stereocenters. The van der Waals surface area contributed by atoms with E-state index >= 15 is 0 Å². The molecule has 1 aromatic heterocycles. The van der Waals surface area contributed by atoms with Gasteiger partial charge in [-0.1, -0.05) is 13.8 Å². The van der Waals surface area contributed by atoms with Crippen molar-refractivity contribution in [1.29, 1.82) is 0 Å². The van der Waals surface area contributed by atoms with Crippen molar-refractivity contribution in [3.05, 3.63) is 28.6 Å². The quantitative estimate of drug-likeness (QED) is 0.589. The van der Waals surface area contributed by atoms with Crippen LogP contribution in [0.25, 0.3) is 0 Å². The summed E-state index contributed by atoms with van der Waals surface area (Å²) in [4.78, 5) is 13.9. The molecular formula is C9H13N3O2. The van der Waals surface area contributed by atoms with Gasteiger partial charge in [0.15, 0.2) is 0 Å². The number of pyridine rings is 1. The zero-order valence-corrected chi connectivity index (χ0v) is 8.23. The van der Waals surface area contributed by atoms with E-state index in [1.807, 2.05) is 13.8 Å². The highest BCUT2D eigenvalue weighted by Crippen LogP contribution is 2.21. The van der Waals surface area contributed by atoms with Crippen molar-refractivity contribution >= 4 is 11.4 Å². The maximum absolute atomic E-state index is 10.6. The van der Waals surface area contributed by atoms with Crippen LogP contribution in [0.1, 0.15) is 13.8 Å². The molecule has 0 aliphatic carbocycles. The van der Waals surface area contributed by atoms with Gasteiger partial charge >= 0.3 is 5.69 Å². The monoisotopic (exact) mass is 195 g/mol. The van der Waals surface area contributed by atoms with Crippen molar-refractivity contribution in [3.8, 4) is 0 Å². The standard InChI is InChI=1S/C9H13N3O2/c1-7(2)5-11-8-3-4-10-6-9(8)12(13)14/h3-4,6-7H,5H2,1-2H3,(H,10,11). The minimum atomic E-state index is -0.435. The minimum absolute atomic E-state index is 0.0214. The Morgan fingerprint density at radius 3 is 2.93 bits per heavy atom. The predicted octanol–water partition coefficient (Wildman–Crippen LogP) is 2.06. The van der Waals surface area contributed by atoms with Crippen LogP contribution >= 0.6 is 0 Å². The third-order valence-corrected chi connectivity index (χ3v) is 1.70. The van der Waals surface area contributed by atoms with E-state index in [1.165, 1.54) is 12.4 Å². The lowest BCUT2D eigenvalue weighted by atomic mass is 10.2. The molecule has 14 heavy (non-hydrogen) atoms. The first-order valence-electron chi connectivity index (χ1n) is 4.43. The summed E-state index contributed by atoms with van der Waals surface area (Å²) in [5.74, 6) is 0.447. The summed E-state index contributed by atoms with van der Waals surface area (Å²) >= 11 is 0. The SMILES string of the molecule is CC(C)CNc1ccncc1[N+](=O)[O-]. The first-order chi connectivity index (χ1) is 6.61. The summed E-state index contributed by atoms with van der Waals surface area (Å²) < 4.78 is 0. The second-order valence-electron chi connectivity index (χ2n) is 3.42. The minimum Gasteiger partial charge on any atom is -0.379 e. The molecule has 0 aliphatic rings. The molecule has 0 saturated heterocycles. The average Bonchev–Trinajstić information content (AvgIpc) is 2.15. The molecule has 0 fully saturated rings. The molecule has 0 bridgehead atoms. The number of hydrogen-bond donors (Lipinski definition) is 1. The van der Waals surface area contributed by atoms with Gasteiger partial charge in [-0.15, -0.1) is 0 Å². The van der Waals surface area contributed by atoms with Crippen molar-refractivity contribution in [2.24, 2.45) is 5.92 Å². The number of nitro groups is 1. The first kappa shape index (κ1) is 10.4.